The molecule has 0 bridgehead atoms. The molecule has 3 aromatic rings. The van der Waals surface area contributed by atoms with Crippen molar-refractivity contribution in [2.45, 2.75) is 44.8 Å². The highest BCUT2D eigenvalue weighted by Crippen LogP contribution is 2.45. The van der Waals surface area contributed by atoms with Crippen molar-refractivity contribution in [3.63, 3.8) is 0 Å². The summed E-state index contributed by atoms with van der Waals surface area (Å²) >= 11 is 0. The Kier molecular flexibility index (Phi) is 3.91. The lowest BCUT2D eigenvalue weighted by atomic mass is 9.85. The topological polar surface area (TPSA) is 74.9 Å². The summed E-state index contributed by atoms with van der Waals surface area (Å²) < 4.78 is 11.1. The van der Waals surface area contributed by atoms with Crippen molar-refractivity contribution in [3.05, 3.63) is 59.3 Å². The molecule has 0 spiro atoms. The molecule has 1 N–H and O–H groups in total. The maximum atomic E-state index is 13.7. The van der Waals surface area contributed by atoms with Gasteiger partial charge in [0.05, 0.1) is 6.04 Å². The molecule has 164 valence electrons. The lowest BCUT2D eigenvalue weighted by Crippen LogP contribution is -2.66. The van der Waals surface area contributed by atoms with Gasteiger partial charge in [-0.05, 0) is 50.1 Å². The molecule has 2 amide bonds. The zero-order chi connectivity index (χ0) is 22.2. The van der Waals surface area contributed by atoms with Gasteiger partial charge in [0.1, 0.15) is 12.6 Å². The van der Waals surface area contributed by atoms with Crippen molar-refractivity contribution in [2.24, 2.45) is 0 Å². The molecule has 4 heterocycles. The van der Waals surface area contributed by atoms with Gasteiger partial charge in [-0.15, -0.1) is 0 Å². The van der Waals surface area contributed by atoms with E-state index in [1.807, 2.05) is 57.2 Å². The summed E-state index contributed by atoms with van der Waals surface area (Å²) in [6, 6.07) is 12.9. The number of benzene rings is 2. The van der Waals surface area contributed by atoms with E-state index in [0.29, 0.717) is 17.9 Å². The minimum atomic E-state index is -0.544. The maximum absolute atomic E-state index is 13.7. The predicted molar refractivity (Wildman–Crippen MR) is 119 cm³/mol. The average molecular weight is 431 g/mol. The van der Waals surface area contributed by atoms with Crippen LogP contribution in [0.1, 0.15) is 43.6 Å². The number of amides is 2. The molecule has 7 nitrogen and oxygen atoms in total. The highest BCUT2D eigenvalue weighted by molar-refractivity contribution is 5.98. The molecule has 0 radical (unpaired) electrons. The first-order valence-electron chi connectivity index (χ1n) is 10.9. The quantitative estimate of drug-likeness (QED) is 0.641. The molecule has 3 aliphatic rings. The van der Waals surface area contributed by atoms with Crippen LogP contribution < -0.4 is 9.47 Å². The van der Waals surface area contributed by atoms with Gasteiger partial charge in [-0.1, -0.05) is 24.3 Å². The smallest absolute Gasteiger partial charge is 0.246 e. The molecule has 2 aromatic carbocycles. The molecule has 1 fully saturated rings. The van der Waals surface area contributed by atoms with E-state index in [9.17, 15) is 9.59 Å². The van der Waals surface area contributed by atoms with Crippen molar-refractivity contribution in [1.82, 2.24) is 14.8 Å². The fourth-order valence-electron chi connectivity index (χ4n) is 5.26. The summed E-state index contributed by atoms with van der Waals surface area (Å²) in [5.74, 6) is 1.31. The number of nitrogens with one attached hydrogen (secondary N) is 1. The molecular formula is C25H25N3O4. The van der Waals surface area contributed by atoms with Crippen LogP contribution in [0.25, 0.3) is 10.9 Å². The third kappa shape index (κ3) is 2.66. The second kappa shape index (κ2) is 6.51. The normalized spacial score (nSPS) is 22.3. The number of H-pyrrole nitrogens is 1. The summed E-state index contributed by atoms with van der Waals surface area (Å²) in [5, 5.41) is 1.10. The highest BCUT2D eigenvalue weighted by atomic mass is 16.7. The summed E-state index contributed by atoms with van der Waals surface area (Å²) in [4.78, 5) is 34.2. The van der Waals surface area contributed by atoms with Gasteiger partial charge in [0.2, 0.25) is 18.6 Å². The lowest BCUT2D eigenvalue weighted by molar-refractivity contribution is -0.163. The fourth-order valence-corrected chi connectivity index (χ4v) is 5.26. The molecule has 2 atom stereocenters. The Morgan fingerprint density at radius 2 is 1.81 bits per heavy atom. The van der Waals surface area contributed by atoms with Gasteiger partial charge in [-0.3, -0.25) is 9.59 Å². The van der Waals surface area contributed by atoms with Gasteiger partial charge in [0, 0.05) is 28.6 Å². The molecular weight excluding hydrogens is 406 g/mol. The minimum Gasteiger partial charge on any atom is -0.454 e. The van der Waals surface area contributed by atoms with Gasteiger partial charge < -0.3 is 24.3 Å². The van der Waals surface area contributed by atoms with Crippen molar-refractivity contribution in [3.8, 4) is 11.5 Å². The van der Waals surface area contributed by atoms with Crippen molar-refractivity contribution < 1.29 is 19.1 Å². The van der Waals surface area contributed by atoms with Gasteiger partial charge in [-0.25, -0.2) is 0 Å². The van der Waals surface area contributed by atoms with E-state index < -0.39 is 17.6 Å². The number of fused-ring (bicyclic) bond motifs is 5. The first-order chi connectivity index (χ1) is 15.3. The van der Waals surface area contributed by atoms with Crippen LogP contribution in [0.3, 0.4) is 0 Å². The molecule has 7 heteroatoms. The number of ether oxygens (including phenoxy) is 2. The molecule has 3 aliphatic heterocycles. The van der Waals surface area contributed by atoms with E-state index in [-0.39, 0.29) is 25.2 Å². The fraction of sp³-hybridized carbons (Fsp3) is 0.360. The second-order valence-corrected chi connectivity index (χ2v) is 9.69. The van der Waals surface area contributed by atoms with E-state index in [2.05, 4.69) is 11.1 Å². The summed E-state index contributed by atoms with van der Waals surface area (Å²) in [7, 11) is 0. The Balaban J connectivity index is 1.55. The van der Waals surface area contributed by atoms with E-state index in [1.165, 1.54) is 0 Å². The molecule has 0 saturated carbocycles. The van der Waals surface area contributed by atoms with Crippen LogP contribution in [-0.2, 0) is 16.0 Å². The average Bonchev–Trinajstić information content (AvgIpc) is 3.37. The van der Waals surface area contributed by atoms with E-state index in [0.717, 1.165) is 27.7 Å². The predicted octanol–water partition coefficient (Wildman–Crippen LogP) is 3.38. The number of rotatable bonds is 1. The van der Waals surface area contributed by atoms with Crippen LogP contribution in [0.2, 0.25) is 0 Å². The largest absolute Gasteiger partial charge is 0.454 e. The van der Waals surface area contributed by atoms with Gasteiger partial charge >= 0.3 is 0 Å². The number of carbonyl (C=O) groups is 2. The van der Waals surface area contributed by atoms with Crippen LogP contribution in [0, 0.1) is 0 Å². The molecule has 6 rings (SSSR count). The van der Waals surface area contributed by atoms with Crippen LogP contribution in [-0.4, -0.2) is 51.5 Å². The Morgan fingerprint density at radius 3 is 2.62 bits per heavy atom. The van der Waals surface area contributed by atoms with Gasteiger partial charge in [-0.2, -0.15) is 0 Å². The molecule has 0 aliphatic carbocycles. The second-order valence-electron chi connectivity index (χ2n) is 9.69. The Labute approximate surface area is 185 Å². The zero-order valence-corrected chi connectivity index (χ0v) is 18.3. The SMILES string of the molecule is CC(C)(C)N1CC(=O)N2[C@H](c3ccc4c(c3)OCO4)c3[nH]c4ccccc4c3C[C@H]2C1=O. The van der Waals surface area contributed by atoms with Crippen LogP contribution in [0.15, 0.2) is 42.5 Å². The number of aromatic nitrogens is 1. The summed E-state index contributed by atoms with van der Waals surface area (Å²) in [6.07, 6.45) is 0.498. The van der Waals surface area contributed by atoms with Crippen molar-refractivity contribution in [1.29, 1.82) is 0 Å². The van der Waals surface area contributed by atoms with Crippen LogP contribution in [0.4, 0.5) is 0 Å². The third-order valence-corrected chi connectivity index (χ3v) is 6.79. The number of hydrogen-bond donors (Lipinski definition) is 1. The molecule has 32 heavy (non-hydrogen) atoms. The standard InChI is InChI=1S/C25H25N3O4/c1-25(2,3)27-12-21(29)28-18(24(27)30)11-16-15-6-4-5-7-17(15)26-22(16)23(28)14-8-9-19-20(10-14)32-13-31-19/h4-10,18,23,26H,11-13H2,1-3H3/t18-,23+/m0/s1. The third-order valence-electron chi connectivity index (χ3n) is 6.79. The number of hydrogen-bond acceptors (Lipinski definition) is 4. The van der Waals surface area contributed by atoms with Crippen molar-refractivity contribution >= 4 is 22.7 Å². The first-order valence-corrected chi connectivity index (χ1v) is 10.9. The van der Waals surface area contributed by atoms with Gasteiger partial charge in [0.25, 0.3) is 0 Å². The first kappa shape index (κ1) is 19.2. The number of piperazine rings is 1. The Bertz CT molecular complexity index is 1270. The highest BCUT2D eigenvalue weighted by Gasteiger charge is 2.50. The summed E-state index contributed by atoms with van der Waals surface area (Å²) in [5.41, 5.74) is 3.55. The monoisotopic (exact) mass is 431 g/mol. The van der Waals surface area contributed by atoms with Crippen LogP contribution in [0.5, 0.6) is 11.5 Å². The zero-order valence-electron chi connectivity index (χ0n) is 18.3. The minimum absolute atomic E-state index is 0.00113. The van der Waals surface area contributed by atoms with E-state index in [1.54, 1.807) is 9.80 Å². The van der Waals surface area contributed by atoms with Crippen molar-refractivity contribution in [2.75, 3.05) is 13.3 Å². The van der Waals surface area contributed by atoms with Gasteiger partial charge in [0.15, 0.2) is 11.5 Å². The summed E-state index contributed by atoms with van der Waals surface area (Å²) in [6.45, 7) is 6.19. The Hall–Kier alpha value is -3.48. The molecule has 0 unspecified atom stereocenters. The number of nitrogens with zero attached hydrogens (tertiary/aromatic N) is 2. The maximum Gasteiger partial charge on any atom is 0.246 e. The van der Waals surface area contributed by atoms with E-state index >= 15 is 0 Å². The van der Waals surface area contributed by atoms with Crippen LogP contribution >= 0.6 is 0 Å². The number of para-hydroxylation sites is 1. The Morgan fingerprint density at radius 1 is 1.03 bits per heavy atom. The molecule has 1 aromatic heterocycles. The number of aromatic amines is 1. The number of carbonyl (C=O) groups excluding carboxylic acids is 2. The lowest BCUT2D eigenvalue weighted by Gasteiger charge is -2.50. The van der Waals surface area contributed by atoms with E-state index in [4.69, 9.17) is 9.47 Å². The molecule has 1 saturated heterocycles.